The van der Waals surface area contributed by atoms with Gasteiger partial charge in [-0.2, -0.15) is 0 Å². The predicted octanol–water partition coefficient (Wildman–Crippen LogP) is 6.08. The second-order valence-electron chi connectivity index (χ2n) is 9.33. The van der Waals surface area contributed by atoms with Crippen LogP contribution < -0.4 is 19.1 Å². The first kappa shape index (κ1) is 25.4. The zero-order valence-electron chi connectivity index (χ0n) is 22.1. The molecule has 1 aliphatic rings. The minimum atomic E-state index is 0.00118. The molecule has 0 saturated carbocycles. The Morgan fingerprint density at radius 3 is 2.68 bits per heavy atom. The summed E-state index contributed by atoms with van der Waals surface area (Å²) < 4.78 is 19.2. The summed E-state index contributed by atoms with van der Waals surface area (Å²) in [6, 6.07) is 21.7. The second kappa shape index (κ2) is 11.4. The summed E-state index contributed by atoms with van der Waals surface area (Å²) in [7, 11) is 3.29. The van der Waals surface area contributed by atoms with Crippen LogP contribution in [-0.2, 0) is 11.3 Å². The van der Waals surface area contributed by atoms with Gasteiger partial charge in [-0.1, -0.05) is 36.4 Å². The fraction of sp³-hybridized carbons (Fsp3) is 0.290. The molecule has 5 rings (SSSR count). The fourth-order valence-corrected chi connectivity index (χ4v) is 5.05. The van der Waals surface area contributed by atoms with Crippen molar-refractivity contribution in [2.45, 2.75) is 32.2 Å². The molecule has 0 spiro atoms. The number of ether oxygens (including phenoxy) is 3. The van der Waals surface area contributed by atoms with Crippen molar-refractivity contribution in [1.82, 2.24) is 9.55 Å². The first-order chi connectivity index (χ1) is 18.6. The molecular weight excluding hydrogens is 478 g/mol. The summed E-state index contributed by atoms with van der Waals surface area (Å²) in [5.41, 5.74) is 3.93. The molecule has 4 aromatic rings. The molecule has 1 fully saturated rings. The number of aryl methyl sites for hydroxylation is 1. The number of methoxy groups -OCH3 is 2. The number of carbonyl (C=O) groups is 1. The molecule has 2 heterocycles. The Bertz CT molecular complexity index is 1460. The molecule has 7 heteroatoms. The van der Waals surface area contributed by atoms with Crippen LogP contribution in [-0.4, -0.2) is 42.8 Å². The Hall–Kier alpha value is -4.26. The first-order valence-corrected chi connectivity index (χ1v) is 12.9. The first-order valence-electron chi connectivity index (χ1n) is 12.9. The number of para-hydroxylation sites is 2. The molecule has 0 radical (unpaired) electrons. The minimum absolute atomic E-state index is 0.00118. The largest absolute Gasteiger partial charge is 0.497 e. The van der Waals surface area contributed by atoms with Gasteiger partial charge in [-0.05, 0) is 55.3 Å². The molecule has 7 nitrogen and oxygen atoms in total. The number of anilines is 1. The average molecular weight is 512 g/mol. The molecule has 0 N–H and O–H groups in total. The van der Waals surface area contributed by atoms with Crippen LogP contribution in [0.15, 0.2) is 72.8 Å². The van der Waals surface area contributed by atoms with Crippen LogP contribution in [0.3, 0.4) is 0 Å². The van der Waals surface area contributed by atoms with Gasteiger partial charge in [-0.3, -0.25) is 4.79 Å². The molecule has 3 aromatic carbocycles. The molecule has 1 amide bonds. The van der Waals surface area contributed by atoms with Crippen LogP contribution in [0.2, 0.25) is 0 Å². The van der Waals surface area contributed by atoms with E-state index in [4.69, 9.17) is 19.2 Å². The summed E-state index contributed by atoms with van der Waals surface area (Å²) >= 11 is 0. The number of aromatic nitrogens is 2. The van der Waals surface area contributed by atoms with E-state index < -0.39 is 0 Å². The maximum absolute atomic E-state index is 13.0. The van der Waals surface area contributed by atoms with E-state index in [1.54, 1.807) is 14.2 Å². The Morgan fingerprint density at radius 1 is 1.00 bits per heavy atom. The standard InChI is InChI=1S/C31H33N3O4/c1-4-9-22-14-15-28(29(18-22)37-3)38-17-8-16-33-27-13-6-5-12-26(27)32-31(33)23-19-30(35)34(21-23)24-10-7-11-25(20-24)36-2/h4-7,9-15,18,20,23H,8,16-17,19,21H2,1-3H3/b9-4+. The topological polar surface area (TPSA) is 65.8 Å². The number of nitrogens with zero attached hydrogens (tertiary/aromatic N) is 3. The number of rotatable bonds is 10. The van der Waals surface area contributed by atoms with Gasteiger partial charge in [0.15, 0.2) is 11.5 Å². The Labute approximate surface area is 223 Å². The third-order valence-corrected chi connectivity index (χ3v) is 6.87. The van der Waals surface area contributed by atoms with E-state index in [-0.39, 0.29) is 11.8 Å². The number of hydrogen-bond donors (Lipinski definition) is 0. The van der Waals surface area contributed by atoms with Crippen molar-refractivity contribution in [3.63, 3.8) is 0 Å². The van der Waals surface area contributed by atoms with Gasteiger partial charge in [0.1, 0.15) is 11.6 Å². The van der Waals surface area contributed by atoms with Crippen LogP contribution in [0.4, 0.5) is 5.69 Å². The van der Waals surface area contributed by atoms with E-state index in [2.05, 4.69) is 10.6 Å². The van der Waals surface area contributed by atoms with Gasteiger partial charge in [0.05, 0.1) is 31.9 Å². The lowest BCUT2D eigenvalue weighted by atomic mass is 10.1. The number of carbonyl (C=O) groups excluding carboxylic acids is 1. The van der Waals surface area contributed by atoms with Crippen LogP contribution in [0.5, 0.6) is 17.2 Å². The predicted molar refractivity (Wildman–Crippen MR) is 150 cm³/mol. The lowest BCUT2D eigenvalue weighted by molar-refractivity contribution is -0.117. The third-order valence-electron chi connectivity index (χ3n) is 6.87. The summed E-state index contributed by atoms with van der Waals surface area (Å²) in [6.07, 6.45) is 5.23. The summed E-state index contributed by atoms with van der Waals surface area (Å²) in [5.74, 6) is 3.22. The Kier molecular flexibility index (Phi) is 7.63. The fourth-order valence-electron chi connectivity index (χ4n) is 5.05. The highest BCUT2D eigenvalue weighted by molar-refractivity contribution is 5.96. The molecule has 1 unspecified atom stereocenters. The highest BCUT2D eigenvalue weighted by Crippen LogP contribution is 2.34. The molecule has 38 heavy (non-hydrogen) atoms. The highest BCUT2D eigenvalue weighted by Gasteiger charge is 2.35. The SMILES string of the molecule is C/C=C/c1ccc(OCCCn2c(C3CC(=O)N(c4cccc(OC)c4)C3)nc3ccccc32)c(OC)c1. The summed E-state index contributed by atoms with van der Waals surface area (Å²) in [6.45, 7) is 3.84. The highest BCUT2D eigenvalue weighted by atomic mass is 16.5. The number of imidazole rings is 1. The normalized spacial score (nSPS) is 15.5. The number of amides is 1. The van der Waals surface area contributed by atoms with Gasteiger partial charge in [0.2, 0.25) is 5.91 Å². The molecule has 196 valence electrons. The van der Waals surface area contributed by atoms with E-state index in [9.17, 15) is 4.79 Å². The van der Waals surface area contributed by atoms with Gasteiger partial charge < -0.3 is 23.7 Å². The van der Waals surface area contributed by atoms with E-state index in [1.165, 1.54) is 0 Å². The van der Waals surface area contributed by atoms with Crippen molar-refractivity contribution in [2.75, 3.05) is 32.3 Å². The van der Waals surface area contributed by atoms with Crippen molar-refractivity contribution < 1.29 is 19.0 Å². The maximum Gasteiger partial charge on any atom is 0.227 e. The van der Waals surface area contributed by atoms with Crippen molar-refractivity contribution >= 4 is 28.7 Å². The summed E-state index contributed by atoms with van der Waals surface area (Å²) in [4.78, 5) is 19.9. The Balaban J connectivity index is 1.32. The monoisotopic (exact) mass is 511 g/mol. The zero-order chi connectivity index (χ0) is 26.5. The van der Waals surface area contributed by atoms with Crippen molar-refractivity contribution in [3.05, 3.63) is 84.2 Å². The van der Waals surface area contributed by atoms with E-state index >= 15 is 0 Å². The van der Waals surface area contributed by atoms with E-state index in [1.807, 2.05) is 84.6 Å². The number of benzene rings is 3. The zero-order valence-corrected chi connectivity index (χ0v) is 22.1. The lowest BCUT2D eigenvalue weighted by Crippen LogP contribution is -2.24. The van der Waals surface area contributed by atoms with Crippen molar-refractivity contribution in [1.29, 1.82) is 0 Å². The quantitative estimate of drug-likeness (QED) is 0.242. The summed E-state index contributed by atoms with van der Waals surface area (Å²) in [5, 5.41) is 0. The van der Waals surface area contributed by atoms with Crippen LogP contribution >= 0.6 is 0 Å². The number of allylic oxidation sites excluding steroid dienone is 1. The lowest BCUT2D eigenvalue weighted by Gasteiger charge is -2.18. The molecule has 1 aliphatic heterocycles. The van der Waals surface area contributed by atoms with E-state index in [0.29, 0.717) is 19.6 Å². The van der Waals surface area contributed by atoms with Gasteiger partial charge in [-0.15, -0.1) is 0 Å². The van der Waals surface area contributed by atoms with Gasteiger partial charge in [0.25, 0.3) is 0 Å². The molecule has 1 atom stereocenters. The molecule has 0 aliphatic carbocycles. The second-order valence-corrected chi connectivity index (χ2v) is 9.33. The van der Waals surface area contributed by atoms with Crippen LogP contribution in [0.1, 0.15) is 37.1 Å². The minimum Gasteiger partial charge on any atom is -0.497 e. The Morgan fingerprint density at radius 2 is 1.87 bits per heavy atom. The van der Waals surface area contributed by atoms with Crippen LogP contribution in [0.25, 0.3) is 17.1 Å². The van der Waals surface area contributed by atoms with E-state index in [0.717, 1.165) is 58.3 Å². The average Bonchev–Trinajstić information content (AvgIpc) is 3.52. The number of hydrogen-bond acceptors (Lipinski definition) is 5. The number of fused-ring (bicyclic) bond motifs is 1. The smallest absolute Gasteiger partial charge is 0.227 e. The molecule has 1 saturated heterocycles. The molecule has 1 aromatic heterocycles. The third kappa shape index (κ3) is 5.23. The van der Waals surface area contributed by atoms with Gasteiger partial charge in [-0.25, -0.2) is 4.98 Å². The van der Waals surface area contributed by atoms with Crippen molar-refractivity contribution in [2.24, 2.45) is 0 Å². The van der Waals surface area contributed by atoms with Crippen LogP contribution in [0, 0.1) is 0 Å². The van der Waals surface area contributed by atoms with Gasteiger partial charge >= 0.3 is 0 Å². The molecule has 0 bridgehead atoms. The maximum atomic E-state index is 13.0. The van der Waals surface area contributed by atoms with Gasteiger partial charge in [0, 0.05) is 37.2 Å². The molecular formula is C31H33N3O4. The van der Waals surface area contributed by atoms with Crippen molar-refractivity contribution in [3.8, 4) is 17.2 Å².